The van der Waals surface area contributed by atoms with Gasteiger partial charge < -0.3 is 10.4 Å². The number of amides is 1. The summed E-state index contributed by atoms with van der Waals surface area (Å²) in [4.78, 5) is 19.6. The summed E-state index contributed by atoms with van der Waals surface area (Å²) in [5.41, 5.74) is 4.65. The van der Waals surface area contributed by atoms with Crippen LogP contribution >= 0.6 is 0 Å². The average Bonchev–Trinajstić information content (AvgIpc) is 3.14. The van der Waals surface area contributed by atoms with E-state index >= 15 is 0 Å². The Hall–Kier alpha value is -2.63. The highest BCUT2D eigenvalue weighted by molar-refractivity contribution is 5.79. The lowest BCUT2D eigenvalue weighted by Crippen LogP contribution is -2.13. The van der Waals surface area contributed by atoms with Gasteiger partial charge in [-0.05, 0) is 25.0 Å². The van der Waals surface area contributed by atoms with Gasteiger partial charge in [0.05, 0.1) is 5.69 Å². The molecule has 1 saturated heterocycles. The van der Waals surface area contributed by atoms with Gasteiger partial charge in [-0.1, -0.05) is 24.3 Å². The van der Waals surface area contributed by atoms with Crippen LogP contribution in [0.15, 0.2) is 30.5 Å². The van der Waals surface area contributed by atoms with Crippen LogP contribution in [0.25, 0.3) is 11.1 Å². The Balaban J connectivity index is 0.000000595. The molecule has 1 fully saturated rings. The van der Waals surface area contributed by atoms with E-state index in [1.807, 2.05) is 11.6 Å². The van der Waals surface area contributed by atoms with Gasteiger partial charge in [0.15, 0.2) is 0 Å². The van der Waals surface area contributed by atoms with E-state index in [1.165, 1.54) is 16.7 Å². The smallest absolute Gasteiger partial charge is 0.290 e. The largest absolute Gasteiger partial charge is 0.483 e. The maximum atomic E-state index is 11.3. The highest BCUT2D eigenvalue weighted by Crippen LogP contribution is 2.27. The number of nitrogens with zero attached hydrogens (tertiary/aromatic N) is 2. The van der Waals surface area contributed by atoms with Crippen molar-refractivity contribution in [2.75, 3.05) is 6.54 Å². The Labute approximate surface area is 135 Å². The Morgan fingerprint density at radius 1 is 1.39 bits per heavy atom. The van der Waals surface area contributed by atoms with Gasteiger partial charge in [0.1, 0.15) is 0 Å². The van der Waals surface area contributed by atoms with Crippen LogP contribution in [-0.2, 0) is 16.1 Å². The van der Waals surface area contributed by atoms with Crippen molar-refractivity contribution in [1.82, 2.24) is 15.1 Å². The highest BCUT2D eigenvalue weighted by Gasteiger charge is 2.22. The summed E-state index contributed by atoms with van der Waals surface area (Å²) in [6, 6.07) is 8.51. The van der Waals surface area contributed by atoms with Crippen molar-refractivity contribution in [3.05, 3.63) is 41.7 Å². The molecule has 1 aromatic heterocycles. The standard InChI is InChI=1S/C16H19N3O.CH2O2/c1-3-19-10-15(11(2)18-19)13-6-4-12(5-7-13)14-8-16(20)17-9-14;2-1-3/h4-7,10,14H,3,8-9H2,1-2H3,(H,17,20);1H,(H,2,3). The third-order valence-corrected chi connectivity index (χ3v) is 3.94. The summed E-state index contributed by atoms with van der Waals surface area (Å²) < 4.78 is 1.96. The average molecular weight is 315 g/mol. The molecule has 0 saturated carbocycles. The van der Waals surface area contributed by atoms with Crippen molar-refractivity contribution in [3.8, 4) is 11.1 Å². The maximum absolute atomic E-state index is 11.3. The monoisotopic (exact) mass is 315 g/mol. The third-order valence-electron chi connectivity index (χ3n) is 3.94. The number of carbonyl (C=O) groups is 2. The molecule has 1 aliphatic heterocycles. The fourth-order valence-corrected chi connectivity index (χ4v) is 2.74. The minimum absolute atomic E-state index is 0.152. The number of hydrogen-bond acceptors (Lipinski definition) is 3. The Kier molecular flexibility index (Phi) is 5.51. The van der Waals surface area contributed by atoms with Gasteiger partial charge in [0.25, 0.3) is 6.47 Å². The van der Waals surface area contributed by atoms with Crippen LogP contribution in [0.5, 0.6) is 0 Å². The number of carbonyl (C=O) groups excluding carboxylic acids is 1. The van der Waals surface area contributed by atoms with Crippen LogP contribution in [0.4, 0.5) is 0 Å². The van der Waals surface area contributed by atoms with E-state index in [2.05, 4.69) is 47.8 Å². The fraction of sp³-hybridized carbons (Fsp3) is 0.353. The molecule has 0 bridgehead atoms. The first kappa shape index (κ1) is 16.7. The lowest BCUT2D eigenvalue weighted by atomic mass is 9.96. The molecule has 1 unspecified atom stereocenters. The first-order valence-electron chi connectivity index (χ1n) is 7.58. The van der Waals surface area contributed by atoms with E-state index in [0.29, 0.717) is 12.3 Å². The van der Waals surface area contributed by atoms with Gasteiger partial charge in [0.2, 0.25) is 5.91 Å². The van der Waals surface area contributed by atoms with Crippen LogP contribution in [0.3, 0.4) is 0 Å². The van der Waals surface area contributed by atoms with Crippen LogP contribution in [-0.4, -0.2) is 33.8 Å². The molecule has 2 aromatic rings. The molecule has 6 nitrogen and oxygen atoms in total. The number of nitrogens with one attached hydrogen (secondary N) is 1. The number of hydrogen-bond donors (Lipinski definition) is 2. The minimum Gasteiger partial charge on any atom is -0.483 e. The molecule has 0 spiro atoms. The Morgan fingerprint density at radius 3 is 2.52 bits per heavy atom. The van der Waals surface area contributed by atoms with Crippen LogP contribution in [0.2, 0.25) is 0 Å². The van der Waals surface area contributed by atoms with E-state index in [0.717, 1.165) is 18.8 Å². The number of carboxylic acid groups (broad SMARTS) is 1. The van der Waals surface area contributed by atoms with Gasteiger partial charge in [-0.3, -0.25) is 14.3 Å². The van der Waals surface area contributed by atoms with Crippen molar-refractivity contribution < 1.29 is 14.7 Å². The quantitative estimate of drug-likeness (QED) is 0.850. The van der Waals surface area contributed by atoms with Crippen molar-refractivity contribution in [3.63, 3.8) is 0 Å². The molecule has 23 heavy (non-hydrogen) atoms. The molecule has 1 amide bonds. The molecular weight excluding hydrogens is 294 g/mol. The fourth-order valence-electron chi connectivity index (χ4n) is 2.74. The van der Waals surface area contributed by atoms with Gasteiger partial charge in [-0.2, -0.15) is 5.10 Å². The zero-order valence-electron chi connectivity index (χ0n) is 13.3. The van der Waals surface area contributed by atoms with Crippen LogP contribution in [0, 0.1) is 6.92 Å². The second-order valence-electron chi connectivity index (χ2n) is 5.42. The van der Waals surface area contributed by atoms with Gasteiger partial charge in [-0.15, -0.1) is 0 Å². The number of aryl methyl sites for hydroxylation is 2. The predicted molar refractivity (Wildman–Crippen MR) is 87.1 cm³/mol. The normalized spacial score (nSPS) is 16.4. The molecule has 2 heterocycles. The predicted octanol–water partition coefficient (Wildman–Crippen LogP) is 2.18. The SMILES string of the molecule is CCn1cc(-c2ccc(C3CNC(=O)C3)cc2)c(C)n1.O=CO. The van der Waals surface area contributed by atoms with Gasteiger partial charge in [0, 0.05) is 37.2 Å². The van der Waals surface area contributed by atoms with Gasteiger partial charge >= 0.3 is 0 Å². The summed E-state index contributed by atoms with van der Waals surface area (Å²) in [6.07, 6.45) is 2.69. The van der Waals surface area contributed by atoms with E-state index < -0.39 is 0 Å². The van der Waals surface area contributed by atoms with Gasteiger partial charge in [-0.25, -0.2) is 0 Å². The maximum Gasteiger partial charge on any atom is 0.290 e. The van der Waals surface area contributed by atoms with E-state index in [1.54, 1.807) is 0 Å². The zero-order chi connectivity index (χ0) is 16.8. The summed E-state index contributed by atoms with van der Waals surface area (Å²) in [6.45, 7) is 5.51. The van der Waals surface area contributed by atoms with Crippen molar-refractivity contribution in [1.29, 1.82) is 0 Å². The molecule has 6 heteroatoms. The molecule has 1 aliphatic rings. The number of aromatic nitrogens is 2. The molecule has 1 aromatic carbocycles. The molecular formula is C17H21N3O3. The Bertz CT molecular complexity index is 677. The van der Waals surface area contributed by atoms with Crippen LogP contribution < -0.4 is 5.32 Å². The summed E-state index contributed by atoms with van der Waals surface area (Å²) in [5.74, 6) is 0.468. The van der Waals surface area contributed by atoms with E-state index in [9.17, 15) is 4.79 Å². The summed E-state index contributed by atoms with van der Waals surface area (Å²) in [7, 11) is 0. The zero-order valence-corrected chi connectivity index (χ0v) is 13.3. The first-order chi connectivity index (χ1) is 11.1. The lowest BCUT2D eigenvalue weighted by Gasteiger charge is -2.08. The van der Waals surface area contributed by atoms with E-state index in [-0.39, 0.29) is 12.4 Å². The Morgan fingerprint density at radius 2 is 2.04 bits per heavy atom. The lowest BCUT2D eigenvalue weighted by molar-refractivity contribution is -0.123. The minimum atomic E-state index is -0.250. The molecule has 1 atom stereocenters. The van der Waals surface area contributed by atoms with E-state index in [4.69, 9.17) is 9.90 Å². The second-order valence-corrected chi connectivity index (χ2v) is 5.42. The topological polar surface area (TPSA) is 84.2 Å². The molecule has 2 N–H and O–H groups in total. The summed E-state index contributed by atoms with van der Waals surface area (Å²) >= 11 is 0. The van der Waals surface area contributed by atoms with Crippen molar-refractivity contribution in [2.45, 2.75) is 32.7 Å². The summed E-state index contributed by atoms with van der Waals surface area (Å²) in [5, 5.41) is 14.2. The van der Waals surface area contributed by atoms with Crippen molar-refractivity contribution in [2.24, 2.45) is 0 Å². The number of benzene rings is 1. The third kappa shape index (κ3) is 3.97. The number of rotatable bonds is 3. The molecule has 0 radical (unpaired) electrons. The van der Waals surface area contributed by atoms with Crippen molar-refractivity contribution >= 4 is 12.4 Å². The molecule has 0 aliphatic carbocycles. The highest BCUT2D eigenvalue weighted by atomic mass is 16.3. The molecule has 122 valence electrons. The molecule has 3 rings (SSSR count). The first-order valence-corrected chi connectivity index (χ1v) is 7.58. The second kappa shape index (κ2) is 7.58. The van der Waals surface area contributed by atoms with Crippen LogP contribution in [0.1, 0.15) is 30.5 Å².